The summed E-state index contributed by atoms with van der Waals surface area (Å²) in [6.45, 7) is 2.19. The highest BCUT2D eigenvalue weighted by atomic mass is 35.5. The minimum Gasteiger partial charge on any atom is -0.377 e. The van der Waals surface area contributed by atoms with Crippen LogP contribution in [0.15, 0.2) is 42.6 Å². The predicted octanol–water partition coefficient (Wildman–Crippen LogP) is 4.75. The Kier molecular flexibility index (Phi) is 5.45. The Morgan fingerprint density at radius 1 is 1.14 bits per heavy atom. The molecule has 1 atom stereocenters. The number of benzene rings is 1. The second-order valence-electron chi connectivity index (χ2n) is 5.34. The number of rotatable bonds is 6. The van der Waals surface area contributed by atoms with Gasteiger partial charge in [-0.15, -0.1) is 0 Å². The normalized spacial score (nSPS) is 12.0. The molecule has 4 heteroatoms. The van der Waals surface area contributed by atoms with Gasteiger partial charge in [0, 0.05) is 19.1 Å². The van der Waals surface area contributed by atoms with E-state index in [1.807, 2.05) is 43.4 Å². The maximum absolute atomic E-state index is 5.97. The van der Waals surface area contributed by atoms with Crippen LogP contribution >= 0.6 is 11.6 Å². The Bertz CT molecular complexity index is 549. The molecule has 112 valence electrons. The molecule has 0 spiro atoms. The van der Waals surface area contributed by atoms with Gasteiger partial charge in [-0.05, 0) is 36.2 Å². The lowest BCUT2D eigenvalue weighted by Crippen LogP contribution is -2.12. The Hall–Kier alpha value is -1.74. The van der Waals surface area contributed by atoms with Crippen LogP contribution in [0.25, 0.3) is 0 Å². The molecule has 21 heavy (non-hydrogen) atoms. The van der Waals surface area contributed by atoms with Crippen molar-refractivity contribution in [3.8, 4) is 0 Å². The summed E-state index contributed by atoms with van der Waals surface area (Å²) in [5.74, 6) is 0.957. The van der Waals surface area contributed by atoms with Crippen molar-refractivity contribution < 1.29 is 0 Å². The summed E-state index contributed by atoms with van der Waals surface area (Å²) in [5.41, 5.74) is 2.28. The first-order chi connectivity index (χ1) is 10.1. The van der Waals surface area contributed by atoms with Crippen molar-refractivity contribution in [2.24, 2.45) is 0 Å². The van der Waals surface area contributed by atoms with Gasteiger partial charge in [-0.2, -0.15) is 0 Å². The summed E-state index contributed by atoms with van der Waals surface area (Å²) in [6, 6.07) is 12.4. The van der Waals surface area contributed by atoms with Crippen LogP contribution in [-0.4, -0.2) is 19.1 Å². The average Bonchev–Trinajstić information content (AvgIpc) is 2.48. The van der Waals surface area contributed by atoms with E-state index in [-0.39, 0.29) is 6.04 Å². The van der Waals surface area contributed by atoms with Gasteiger partial charge in [0.1, 0.15) is 5.82 Å². The topological polar surface area (TPSA) is 28.2 Å². The molecular formula is C17H22ClN3. The van der Waals surface area contributed by atoms with E-state index in [1.54, 1.807) is 0 Å². The van der Waals surface area contributed by atoms with Crippen LogP contribution in [0.5, 0.6) is 0 Å². The number of anilines is 2. The van der Waals surface area contributed by atoms with Crippen molar-refractivity contribution in [3.63, 3.8) is 0 Å². The Balaban J connectivity index is 2.13. The number of pyridine rings is 1. The van der Waals surface area contributed by atoms with Crippen LogP contribution in [0.2, 0.25) is 5.02 Å². The molecule has 1 N–H and O–H groups in total. The maximum atomic E-state index is 5.97. The van der Waals surface area contributed by atoms with E-state index in [1.165, 1.54) is 5.56 Å². The highest BCUT2D eigenvalue weighted by molar-refractivity contribution is 6.30. The molecule has 0 bridgehead atoms. The summed E-state index contributed by atoms with van der Waals surface area (Å²) in [5, 5.41) is 4.33. The first-order valence-electron chi connectivity index (χ1n) is 7.25. The molecule has 0 radical (unpaired) electrons. The molecule has 2 aromatic rings. The molecule has 0 aliphatic heterocycles. The van der Waals surface area contributed by atoms with Gasteiger partial charge in [0.05, 0.1) is 17.9 Å². The van der Waals surface area contributed by atoms with E-state index in [9.17, 15) is 0 Å². The number of aromatic nitrogens is 1. The lowest BCUT2D eigenvalue weighted by atomic mass is 10.0. The van der Waals surface area contributed by atoms with Crippen LogP contribution in [0.4, 0.5) is 11.5 Å². The Morgan fingerprint density at radius 3 is 2.38 bits per heavy atom. The van der Waals surface area contributed by atoms with E-state index in [0.29, 0.717) is 0 Å². The minimum absolute atomic E-state index is 0.277. The Morgan fingerprint density at radius 2 is 1.86 bits per heavy atom. The maximum Gasteiger partial charge on any atom is 0.128 e. The van der Waals surface area contributed by atoms with E-state index < -0.39 is 0 Å². The molecule has 0 saturated heterocycles. The van der Waals surface area contributed by atoms with Gasteiger partial charge in [-0.3, -0.25) is 0 Å². The zero-order valence-corrected chi connectivity index (χ0v) is 13.6. The summed E-state index contributed by atoms with van der Waals surface area (Å²) in [6.07, 6.45) is 4.06. The van der Waals surface area contributed by atoms with Gasteiger partial charge in [0.15, 0.2) is 0 Å². The van der Waals surface area contributed by atoms with Gasteiger partial charge in [0.2, 0.25) is 0 Å². The number of nitrogens with zero attached hydrogens (tertiary/aromatic N) is 2. The minimum atomic E-state index is 0.277. The molecule has 0 aliphatic rings. The van der Waals surface area contributed by atoms with Gasteiger partial charge in [0.25, 0.3) is 0 Å². The zero-order valence-electron chi connectivity index (χ0n) is 12.8. The molecule has 3 nitrogen and oxygen atoms in total. The molecule has 1 unspecified atom stereocenters. The SMILES string of the molecule is CCCC(Nc1ccc(N(C)C)nc1)c1ccc(Cl)cc1. The standard InChI is InChI=1S/C17H22ClN3/c1-4-5-16(13-6-8-14(18)9-7-13)20-15-10-11-17(19-12-15)21(2)3/h6-12,16,20H,4-5H2,1-3H3. The van der Waals surface area contributed by atoms with Crippen LogP contribution in [0.3, 0.4) is 0 Å². The predicted molar refractivity (Wildman–Crippen MR) is 91.3 cm³/mol. The van der Waals surface area contributed by atoms with Gasteiger partial charge in [-0.1, -0.05) is 37.1 Å². The molecule has 0 fully saturated rings. The first kappa shape index (κ1) is 15.6. The molecule has 1 aromatic carbocycles. The fraction of sp³-hybridized carbons (Fsp3) is 0.353. The van der Waals surface area contributed by atoms with E-state index >= 15 is 0 Å². The third kappa shape index (κ3) is 4.36. The number of nitrogens with one attached hydrogen (secondary N) is 1. The third-order valence-electron chi connectivity index (χ3n) is 3.40. The van der Waals surface area contributed by atoms with Crippen LogP contribution in [-0.2, 0) is 0 Å². The van der Waals surface area contributed by atoms with Gasteiger partial charge >= 0.3 is 0 Å². The number of hydrogen-bond acceptors (Lipinski definition) is 3. The lowest BCUT2D eigenvalue weighted by molar-refractivity contribution is 0.677. The van der Waals surface area contributed by atoms with E-state index in [2.05, 4.69) is 35.4 Å². The fourth-order valence-corrected chi connectivity index (χ4v) is 2.37. The quantitative estimate of drug-likeness (QED) is 0.834. The first-order valence-corrected chi connectivity index (χ1v) is 7.63. The molecular weight excluding hydrogens is 282 g/mol. The van der Waals surface area contributed by atoms with Gasteiger partial charge < -0.3 is 10.2 Å². The van der Waals surface area contributed by atoms with Crippen molar-refractivity contribution in [1.82, 2.24) is 4.98 Å². The van der Waals surface area contributed by atoms with E-state index in [4.69, 9.17) is 11.6 Å². The summed E-state index contributed by atoms with van der Waals surface area (Å²) >= 11 is 5.97. The molecule has 0 aliphatic carbocycles. The highest BCUT2D eigenvalue weighted by Gasteiger charge is 2.10. The van der Waals surface area contributed by atoms with Crippen molar-refractivity contribution in [1.29, 1.82) is 0 Å². The van der Waals surface area contributed by atoms with Gasteiger partial charge in [-0.25, -0.2) is 4.98 Å². The monoisotopic (exact) mass is 303 g/mol. The number of hydrogen-bond donors (Lipinski definition) is 1. The van der Waals surface area contributed by atoms with Crippen molar-refractivity contribution >= 4 is 23.1 Å². The van der Waals surface area contributed by atoms with E-state index in [0.717, 1.165) is 29.4 Å². The van der Waals surface area contributed by atoms with Crippen molar-refractivity contribution in [2.75, 3.05) is 24.3 Å². The molecule has 1 aromatic heterocycles. The second-order valence-corrected chi connectivity index (χ2v) is 5.77. The smallest absolute Gasteiger partial charge is 0.128 e. The molecule has 0 saturated carbocycles. The summed E-state index contributed by atoms with van der Waals surface area (Å²) in [4.78, 5) is 6.43. The largest absolute Gasteiger partial charge is 0.377 e. The summed E-state index contributed by atoms with van der Waals surface area (Å²) < 4.78 is 0. The number of halogens is 1. The average molecular weight is 304 g/mol. The van der Waals surface area contributed by atoms with Crippen molar-refractivity contribution in [3.05, 3.63) is 53.2 Å². The summed E-state index contributed by atoms with van der Waals surface area (Å²) in [7, 11) is 3.98. The molecule has 1 heterocycles. The van der Waals surface area contributed by atoms with Crippen LogP contribution in [0, 0.1) is 0 Å². The van der Waals surface area contributed by atoms with Crippen LogP contribution < -0.4 is 10.2 Å². The third-order valence-corrected chi connectivity index (χ3v) is 3.65. The molecule has 2 rings (SSSR count). The Labute approximate surface area is 132 Å². The fourth-order valence-electron chi connectivity index (χ4n) is 2.24. The van der Waals surface area contributed by atoms with Crippen LogP contribution in [0.1, 0.15) is 31.4 Å². The highest BCUT2D eigenvalue weighted by Crippen LogP contribution is 2.25. The zero-order chi connectivity index (χ0) is 15.2. The lowest BCUT2D eigenvalue weighted by Gasteiger charge is -2.20. The molecule has 0 amide bonds. The second kappa shape index (κ2) is 7.32. The van der Waals surface area contributed by atoms with Crippen molar-refractivity contribution in [2.45, 2.75) is 25.8 Å².